The van der Waals surface area contributed by atoms with Gasteiger partial charge in [0.15, 0.2) is 0 Å². The maximum absolute atomic E-state index is 3.87. The van der Waals surface area contributed by atoms with E-state index >= 15 is 0 Å². The molecule has 1 heterocycles. The first kappa shape index (κ1) is 15.8. The van der Waals surface area contributed by atoms with Gasteiger partial charge in [0.05, 0.1) is 0 Å². The number of hydrogen-bond donors (Lipinski definition) is 1. The average Bonchev–Trinajstić information content (AvgIpc) is 3.29. The standard InChI is InChI=1S/C18H35N3/c1-4-7-19-17-13-14(2)12-15(3)18(17)21-10-8-20(9-11-21)16-5-6-16/h14-19H,4-13H2,1-3H3. The molecule has 0 aromatic heterocycles. The number of nitrogens with zero attached hydrogens (tertiary/aromatic N) is 2. The highest BCUT2D eigenvalue weighted by atomic mass is 15.3. The van der Waals surface area contributed by atoms with E-state index in [9.17, 15) is 0 Å². The lowest BCUT2D eigenvalue weighted by Gasteiger charge is -2.49. The van der Waals surface area contributed by atoms with Crippen molar-refractivity contribution in [1.29, 1.82) is 0 Å². The molecule has 0 spiro atoms. The largest absolute Gasteiger partial charge is 0.312 e. The van der Waals surface area contributed by atoms with Crippen LogP contribution in [-0.4, -0.2) is 60.6 Å². The first-order chi connectivity index (χ1) is 10.2. The lowest BCUT2D eigenvalue weighted by atomic mass is 9.75. The summed E-state index contributed by atoms with van der Waals surface area (Å²) in [6, 6.07) is 2.44. The van der Waals surface area contributed by atoms with Crippen LogP contribution in [-0.2, 0) is 0 Å². The molecular weight excluding hydrogens is 258 g/mol. The van der Waals surface area contributed by atoms with Crippen LogP contribution < -0.4 is 5.32 Å². The predicted molar refractivity (Wildman–Crippen MR) is 89.6 cm³/mol. The number of hydrogen-bond acceptors (Lipinski definition) is 3. The third-order valence-corrected chi connectivity index (χ3v) is 5.92. The summed E-state index contributed by atoms with van der Waals surface area (Å²) in [5, 5.41) is 3.87. The molecule has 3 nitrogen and oxygen atoms in total. The van der Waals surface area contributed by atoms with Gasteiger partial charge in [0.2, 0.25) is 0 Å². The van der Waals surface area contributed by atoms with Crippen molar-refractivity contribution in [2.75, 3.05) is 32.7 Å². The Morgan fingerprint density at radius 3 is 2.24 bits per heavy atom. The lowest BCUT2D eigenvalue weighted by molar-refractivity contribution is 0.0218. The second-order valence-corrected chi connectivity index (χ2v) is 7.91. The van der Waals surface area contributed by atoms with Crippen LogP contribution in [0, 0.1) is 11.8 Å². The van der Waals surface area contributed by atoms with Crippen LogP contribution in [0.5, 0.6) is 0 Å². The van der Waals surface area contributed by atoms with Crippen molar-refractivity contribution < 1.29 is 0 Å². The molecule has 0 radical (unpaired) electrons. The third-order valence-electron chi connectivity index (χ3n) is 5.92. The van der Waals surface area contributed by atoms with E-state index in [-0.39, 0.29) is 0 Å². The first-order valence-corrected chi connectivity index (χ1v) is 9.40. The summed E-state index contributed by atoms with van der Waals surface area (Å²) in [4.78, 5) is 5.56. The van der Waals surface area contributed by atoms with Crippen LogP contribution in [0.2, 0.25) is 0 Å². The van der Waals surface area contributed by atoms with Crippen LogP contribution in [0.3, 0.4) is 0 Å². The van der Waals surface area contributed by atoms with Gasteiger partial charge in [-0.1, -0.05) is 20.8 Å². The summed E-state index contributed by atoms with van der Waals surface area (Å²) < 4.78 is 0. The molecule has 3 heteroatoms. The lowest BCUT2D eigenvalue weighted by Crippen LogP contribution is -2.61. The zero-order chi connectivity index (χ0) is 14.8. The summed E-state index contributed by atoms with van der Waals surface area (Å²) >= 11 is 0. The molecule has 3 rings (SSSR count). The van der Waals surface area contributed by atoms with Gasteiger partial charge in [0.1, 0.15) is 0 Å². The summed E-state index contributed by atoms with van der Waals surface area (Å²) in [5.41, 5.74) is 0. The van der Waals surface area contributed by atoms with E-state index in [1.54, 1.807) is 0 Å². The molecule has 1 aliphatic heterocycles. The molecule has 0 amide bonds. The molecule has 2 saturated carbocycles. The molecule has 2 aliphatic carbocycles. The summed E-state index contributed by atoms with van der Waals surface area (Å²) in [6.07, 6.45) is 6.95. The number of nitrogens with one attached hydrogen (secondary N) is 1. The first-order valence-electron chi connectivity index (χ1n) is 9.40. The molecule has 122 valence electrons. The highest BCUT2D eigenvalue weighted by Gasteiger charge is 2.39. The molecule has 4 atom stereocenters. The fraction of sp³-hybridized carbons (Fsp3) is 1.00. The van der Waals surface area contributed by atoms with Gasteiger partial charge < -0.3 is 5.32 Å². The van der Waals surface area contributed by atoms with Gasteiger partial charge in [-0.15, -0.1) is 0 Å². The van der Waals surface area contributed by atoms with Crippen LogP contribution in [0.4, 0.5) is 0 Å². The molecule has 1 saturated heterocycles. The SMILES string of the molecule is CCCNC1CC(C)CC(C)C1N1CCN(C2CC2)CC1. The van der Waals surface area contributed by atoms with E-state index in [1.807, 2.05) is 0 Å². The average molecular weight is 293 g/mol. The van der Waals surface area contributed by atoms with Gasteiger partial charge in [0, 0.05) is 44.3 Å². The van der Waals surface area contributed by atoms with Gasteiger partial charge in [-0.2, -0.15) is 0 Å². The minimum Gasteiger partial charge on any atom is -0.312 e. The summed E-state index contributed by atoms with van der Waals surface area (Å²) in [5.74, 6) is 1.73. The number of piperazine rings is 1. The molecule has 0 aromatic carbocycles. The normalized spacial score (nSPS) is 39.6. The maximum atomic E-state index is 3.87. The quantitative estimate of drug-likeness (QED) is 0.840. The van der Waals surface area contributed by atoms with Crippen molar-refractivity contribution in [3.8, 4) is 0 Å². The van der Waals surface area contributed by atoms with Crippen molar-refractivity contribution in [2.45, 2.75) is 71.0 Å². The molecule has 0 bridgehead atoms. The molecule has 3 aliphatic rings. The zero-order valence-electron chi connectivity index (χ0n) is 14.4. The van der Waals surface area contributed by atoms with Gasteiger partial charge in [-0.3, -0.25) is 9.80 Å². The Bertz CT molecular complexity index is 320. The monoisotopic (exact) mass is 293 g/mol. The number of rotatable bonds is 5. The van der Waals surface area contributed by atoms with Crippen molar-refractivity contribution in [3.63, 3.8) is 0 Å². The van der Waals surface area contributed by atoms with E-state index in [4.69, 9.17) is 0 Å². The Morgan fingerprint density at radius 1 is 0.952 bits per heavy atom. The Balaban J connectivity index is 1.59. The fourth-order valence-corrected chi connectivity index (χ4v) is 4.83. The molecule has 4 unspecified atom stereocenters. The van der Waals surface area contributed by atoms with Crippen LogP contribution >= 0.6 is 0 Å². The van der Waals surface area contributed by atoms with Gasteiger partial charge in [0.25, 0.3) is 0 Å². The fourth-order valence-electron chi connectivity index (χ4n) is 4.83. The van der Waals surface area contributed by atoms with Crippen LogP contribution in [0.15, 0.2) is 0 Å². The van der Waals surface area contributed by atoms with E-state index in [1.165, 1.54) is 64.8 Å². The van der Waals surface area contributed by atoms with E-state index < -0.39 is 0 Å². The molecular formula is C18H35N3. The highest BCUT2D eigenvalue weighted by Crippen LogP contribution is 2.34. The maximum Gasteiger partial charge on any atom is 0.0276 e. The second kappa shape index (κ2) is 6.97. The van der Waals surface area contributed by atoms with E-state index in [2.05, 4.69) is 35.9 Å². The molecule has 1 N–H and O–H groups in total. The Hall–Kier alpha value is -0.120. The van der Waals surface area contributed by atoms with E-state index in [0.717, 1.165) is 30.0 Å². The Morgan fingerprint density at radius 2 is 1.62 bits per heavy atom. The molecule has 3 fully saturated rings. The van der Waals surface area contributed by atoms with Crippen molar-refractivity contribution >= 4 is 0 Å². The minimum absolute atomic E-state index is 0.719. The van der Waals surface area contributed by atoms with Gasteiger partial charge >= 0.3 is 0 Å². The molecule has 0 aromatic rings. The zero-order valence-corrected chi connectivity index (χ0v) is 14.4. The van der Waals surface area contributed by atoms with Crippen LogP contribution in [0.1, 0.15) is 52.9 Å². The van der Waals surface area contributed by atoms with Crippen LogP contribution in [0.25, 0.3) is 0 Å². The van der Waals surface area contributed by atoms with Crippen molar-refractivity contribution in [3.05, 3.63) is 0 Å². The summed E-state index contributed by atoms with van der Waals surface area (Å²) in [7, 11) is 0. The third kappa shape index (κ3) is 3.80. The minimum atomic E-state index is 0.719. The summed E-state index contributed by atoms with van der Waals surface area (Å²) in [6.45, 7) is 13.6. The van der Waals surface area contributed by atoms with Gasteiger partial charge in [-0.05, 0) is 50.5 Å². The van der Waals surface area contributed by atoms with E-state index in [0.29, 0.717) is 0 Å². The Kier molecular flexibility index (Phi) is 5.23. The second-order valence-electron chi connectivity index (χ2n) is 7.91. The Labute approximate surface area is 131 Å². The van der Waals surface area contributed by atoms with Crippen molar-refractivity contribution in [1.82, 2.24) is 15.1 Å². The smallest absolute Gasteiger partial charge is 0.0276 e. The van der Waals surface area contributed by atoms with Crippen molar-refractivity contribution in [2.24, 2.45) is 11.8 Å². The highest BCUT2D eigenvalue weighted by molar-refractivity contribution is 4.96. The van der Waals surface area contributed by atoms with Gasteiger partial charge in [-0.25, -0.2) is 0 Å². The molecule has 21 heavy (non-hydrogen) atoms. The predicted octanol–water partition coefficient (Wildman–Crippen LogP) is 2.57. The topological polar surface area (TPSA) is 18.5 Å².